The summed E-state index contributed by atoms with van der Waals surface area (Å²) in [7, 11) is 0. The van der Waals surface area contributed by atoms with E-state index in [0.717, 1.165) is 19.0 Å². The molecule has 2 heterocycles. The highest BCUT2D eigenvalue weighted by Crippen LogP contribution is 2.28. The maximum Gasteiger partial charge on any atom is 0.123 e. The Morgan fingerprint density at radius 1 is 1.57 bits per heavy atom. The molecule has 1 saturated heterocycles. The van der Waals surface area contributed by atoms with Crippen molar-refractivity contribution in [1.82, 2.24) is 10.3 Å². The Hall–Kier alpha value is -1.09. The third-order valence-corrected chi connectivity index (χ3v) is 3.14. The van der Waals surface area contributed by atoms with Crippen LogP contribution in [0.5, 0.6) is 0 Å². The Labute approximate surface area is 84.7 Å². The van der Waals surface area contributed by atoms with Crippen molar-refractivity contribution in [2.75, 3.05) is 18.8 Å². The van der Waals surface area contributed by atoms with E-state index in [1.54, 1.807) is 0 Å². The molecule has 14 heavy (non-hydrogen) atoms. The molecule has 1 aliphatic rings. The molecule has 3 heteroatoms. The van der Waals surface area contributed by atoms with E-state index in [9.17, 15) is 0 Å². The number of anilines is 1. The zero-order valence-corrected chi connectivity index (χ0v) is 8.53. The zero-order chi connectivity index (χ0) is 9.97. The lowest BCUT2D eigenvalue weighted by atomic mass is 9.88. The van der Waals surface area contributed by atoms with Gasteiger partial charge in [-0.3, -0.25) is 0 Å². The predicted octanol–water partition coefficient (Wildman–Crippen LogP) is 1.38. The summed E-state index contributed by atoms with van der Waals surface area (Å²) in [5.41, 5.74) is 6.86. The molecule has 0 amide bonds. The minimum Gasteiger partial charge on any atom is -0.384 e. The number of nitrogens with zero attached hydrogens (tertiary/aromatic N) is 1. The number of nitrogens with two attached hydrogens (primary N) is 1. The first-order valence-electron chi connectivity index (χ1n) is 5.19. The third kappa shape index (κ3) is 1.87. The van der Waals surface area contributed by atoms with Gasteiger partial charge in [-0.1, -0.05) is 13.0 Å². The van der Waals surface area contributed by atoms with Crippen molar-refractivity contribution in [2.24, 2.45) is 5.92 Å². The molecule has 0 unspecified atom stereocenters. The molecule has 0 spiro atoms. The van der Waals surface area contributed by atoms with E-state index in [2.05, 4.69) is 23.3 Å². The van der Waals surface area contributed by atoms with E-state index in [-0.39, 0.29) is 0 Å². The van der Waals surface area contributed by atoms with E-state index in [0.29, 0.717) is 11.7 Å². The molecule has 2 rings (SSSR count). The zero-order valence-electron chi connectivity index (χ0n) is 8.53. The van der Waals surface area contributed by atoms with Crippen LogP contribution < -0.4 is 11.1 Å². The van der Waals surface area contributed by atoms with Gasteiger partial charge in [0, 0.05) is 6.20 Å². The summed E-state index contributed by atoms with van der Waals surface area (Å²) < 4.78 is 0. The van der Waals surface area contributed by atoms with Gasteiger partial charge in [0.15, 0.2) is 0 Å². The Morgan fingerprint density at radius 2 is 2.43 bits per heavy atom. The summed E-state index contributed by atoms with van der Waals surface area (Å²) in [4.78, 5) is 4.13. The molecule has 1 aromatic heterocycles. The average Bonchev–Trinajstić information content (AvgIpc) is 2.71. The van der Waals surface area contributed by atoms with E-state index in [1.165, 1.54) is 12.0 Å². The number of nitrogens with one attached hydrogen (secondary N) is 1. The van der Waals surface area contributed by atoms with Gasteiger partial charge in [0.05, 0.1) is 0 Å². The molecule has 0 bridgehead atoms. The normalized spacial score (nSPS) is 23.6. The molecule has 0 saturated carbocycles. The average molecular weight is 191 g/mol. The summed E-state index contributed by atoms with van der Waals surface area (Å²) in [5.74, 6) is 1.93. The molecule has 3 nitrogen and oxygen atoms in total. The van der Waals surface area contributed by atoms with Gasteiger partial charge in [0.2, 0.25) is 0 Å². The number of hydrogen-bond donors (Lipinski definition) is 2. The molecule has 0 radical (unpaired) electrons. The monoisotopic (exact) mass is 191 g/mol. The SMILES string of the molecule is C[C@H](c1ccc(N)nc1)[C@@H]1CCNC1. The Bertz CT molecular complexity index is 288. The summed E-state index contributed by atoms with van der Waals surface area (Å²) in [5, 5.41) is 3.39. The molecule has 0 aliphatic carbocycles. The van der Waals surface area contributed by atoms with Gasteiger partial charge in [-0.05, 0) is 43.0 Å². The van der Waals surface area contributed by atoms with Gasteiger partial charge >= 0.3 is 0 Å². The minimum absolute atomic E-state index is 0.582. The largest absolute Gasteiger partial charge is 0.384 e. The number of aromatic nitrogens is 1. The van der Waals surface area contributed by atoms with E-state index >= 15 is 0 Å². The van der Waals surface area contributed by atoms with Gasteiger partial charge in [-0.2, -0.15) is 0 Å². The first kappa shape index (κ1) is 9.46. The van der Waals surface area contributed by atoms with Crippen molar-refractivity contribution in [3.05, 3.63) is 23.9 Å². The summed E-state index contributed by atoms with van der Waals surface area (Å²) in [6.07, 6.45) is 3.17. The van der Waals surface area contributed by atoms with Crippen LogP contribution in [0.2, 0.25) is 0 Å². The number of pyridine rings is 1. The first-order chi connectivity index (χ1) is 6.77. The van der Waals surface area contributed by atoms with Crippen LogP contribution in [-0.2, 0) is 0 Å². The van der Waals surface area contributed by atoms with Gasteiger partial charge < -0.3 is 11.1 Å². The second-order valence-electron chi connectivity index (χ2n) is 4.06. The number of hydrogen-bond acceptors (Lipinski definition) is 3. The topological polar surface area (TPSA) is 50.9 Å². The van der Waals surface area contributed by atoms with Crippen LogP contribution in [0, 0.1) is 5.92 Å². The van der Waals surface area contributed by atoms with Crippen molar-refractivity contribution >= 4 is 5.82 Å². The molecule has 1 aromatic rings. The molecule has 76 valence electrons. The highest BCUT2D eigenvalue weighted by molar-refractivity contribution is 5.30. The lowest BCUT2D eigenvalue weighted by molar-refractivity contribution is 0.486. The third-order valence-electron chi connectivity index (χ3n) is 3.14. The molecule has 2 atom stereocenters. The standard InChI is InChI=1S/C11H17N3/c1-8(10-4-5-13-6-10)9-2-3-11(12)14-7-9/h2-3,7-8,10,13H,4-6H2,1H3,(H2,12,14)/t8-,10-/m1/s1. The Kier molecular flexibility index (Phi) is 2.68. The van der Waals surface area contributed by atoms with Crippen LogP contribution in [0.1, 0.15) is 24.8 Å². The summed E-state index contributed by atoms with van der Waals surface area (Å²) in [6.45, 7) is 4.55. The second kappa shape index (κ2) is 3.96. The van der Waals surface area contributed by atoms with Crippen LogP contribution in [0.3, 0.4) is 0 Å². The van der Waals surface area contributed by atoms with Gasteiger partial charge in [0.25, 0.3) is 0 Å². The quantitative estimate of drug-likeness (QED) is 0.742. The first-order valence-corrected chi connectivity index (χ1v) is 5.19. The number of rotatable bonds is 2. The van der Waals surface area contributed by atoms with Crippen LogP contribution >= 0.6 is 0 Å². The van der Waals surface area contributed by atoms with Crippen molar-refractivity contribution in [3.63, 3.8) is 0 Å². The molecule has 1 fully saturated rings. The van der Waals surface area contributed by atoms with Crippen LogP contribution in [0.4, 0.5) is 5.82 Å². The fourth-order valence-corrected chi connectivity index (χ4v) is 2.06. The highest BCUT2D eigenvalue weighted by Gasteiger charge is 2.22. The predicted molar refractivity (Wildman–Crippen MR) is 58.0 cm³/mol. The molecule has 3 N–H and O–H groups in total. The van der Waals surface area contributed by atoms with Crippen molar-refractivity contribution in [1.29, 1.82) is 0 Å². The fraction of sp³-hybridized carbons (Fsp3) is 0.545. The molecular formula is C11H17N3. The van der Waals surface area contributed by atoms with Gasteiger partial charge in [-0.25, -0.2) is 4.98 Å². The summed E-state index contributed by atoms with van der Waals surface area (Å²) >= 11 is 0. The van der Waals surface area contributed by atoms with Crippen molar-refractivity contribution in [2.45, 2.75) is 19.3 Å². The lowest BCUT2D eigenvalue weighted by Crippen LogP contribution is -2.14. The molecule has 1 aliphatic heterocycles. The van der Waals surface area contributed by atoms with Crippen LogP contribution in [0.25, 0.3) is 0 Å². The lowest BCUT2D eigenvalue weighted by Gasteiger charge is -2.18. The number of nitrogen functional groups attached to an aromatic ring is 1. The Balaban J connectivity index is 2.09. The summed E-state index contributed by atoms with van der Waals surface area (Å²) in [6, 6.07) is 3.97. The highest BCUT2D eigenvalue weighted by atomic mass is 14.9. The van der Waals surface area contributed by atoms with E-state index < -0.39 is 0 Å². The van der Waals surface area contributed by atoms with Crippen LogP contribution in [0.15, 0.2) is 18.3 Å². The Morgan fingerprint density at radius 3 is 3.00 bits per heavy atom. The van der Waals surface area contributed by atoms with Gasteiger partial charge in [-0.15, -0.1) is 0 Å². The maximum atomic E-state index is 5.56. The van der Waals surface area contributed by atoms with Gasteiger partial charge in [0.1, 0.15) is 5.82 Å². The fourth-order valence-electron chi connectivity index (χ4n) is 2.06. The van der Waals surface area contributed by atoms with Crippen molar-refractivity contribution < 1.29 is 0 Å². The van der Waals surface area contributed by atoms with Crippen LogP contribution in [-0.4, -0.2) is 18.1 Å². The second-order valence-corrected chi connectivity index (χ2v) is 4.06. The van der Waals surface area contributed by atoms with E-state index in [1.807, 2.05) is 12.3 Å². The molecular weight excluding hydrogens is 174 g/mol. The molecule has 0 aromatic carbocycles. The van der Waals surface area contributed by atoms with E-state index in [4.69, 9.17) is 5.73 Å². The smallest absolute Gasteiger partial charge is 0.123 e. The maximum absolute atomic E-state index is 5.56. The minimum atomic E-state index is 0.582. The van der Waals surface area contributed by atoms with Crippen molar-refractivity contribution in [3.8, 4) is 0 Å².